The van der Waals surface area contributed by atoms with Crippen LogP contribution in [0.1, 0.15) is 20.3 Å². The van der Waals surface area contributed by atoms with Crippen LogP contribution in [0.5, 0.6) is 0 Å². The van der Waals surface area contributed by atoms with Gasteiger partial charge in [-0.1, -0.05) is 18.2 Å². The number of nitrogens with one attached hydrogen (secondary N) is 1. The maximum Gasteiger partial charge on any atom is 0.277 e. The SMILES string of the molecule is CC(C)NC(=O)[C@@H]1C[C@H](N)CN1S(=O)(=O)c1cc2ccccc2o1. The number of para-hydroxylation sites is 1. The molecule has 130 valence electrons. The summed E-state index contributed by atoms with van der Waals surface area (Å²) in [7, 11) is -3.94. The Morgan fingerprint density at radius 1 is 1.38 bits per heavy atom. The van der Waals surface area contributed by atoms with E-state index in [0.29, 0.717) is 11.0 Å². The van der Waals surface area contributed by atoms with E-state index in [9.17, 15) is 13.2 Å². The lowest BCUT2D eigenvalue weighted by atomic mass is 10.1. The van der Waals surface area contributed by atoms with Gasteiger partial charge in [-0.05, 0) is 26.3 Å². The van der Waals surface area contributed by atoms with Crippen LogP contribution in [0.15, 0.2) is 39.8 Å². The highest BCUT2D eigenvalue weighted by molar-refractivity contribution is 7.89. The fourth-order valence-corrected chi connectivity index (χ4v) is 4.53. The summed E-state index contributed by atoms with van der Waals surface area (Å²) in [6, 6.07) is 7.25. The maximum atomic E-state index is 12.9. The molecule has 1 fully saturated rings. The zero-order valence-electron chi connectivity index (χ0n) is 13.6. The van der Waals surface area contributed by atoms with Gasteiger partial charge in [-0.25, -0.2) is 8.42 Å². The lowest BCUT2D eigenvalue weighted by Gasteiger charge is -2.22. The normalized spacial score (nSPS) is 22.3. The van der Waals surface area contributed by atoms with Gasteiger partial charge >= 0.3 is 0 Å². The van der Waals surface area contributed by atoms with Crippen LogP contribution < -0.4 is 11.1 Å². The van der Waals surface area contributed by atoms with Crippen LogP contribution in [-0.2, 0) is 14.8 Å². The molecule has 0 aliphatic carbocycles. The molecule has 3 rings (SSSR count). The number of hydrogen-bond acceptors (Lipinski definition) is 5. The van der Waals surface area contributed by atoms with Crippen molar-refractivity contribution in [2.45, 2.75) is 43.5 Å². The van der Waals surface area contributed by atoms with E-state index in [2.05, 4.69) is 5.32 Å². The molecular weight excluding hydrogens is 330 g/mol. The number of nitrogens with zero attached hydrogens (tertiary/aromatic N) is 1. The molecule has 7 nitrogen and oxygen atoms in total. The van der Waals surface area contributed by atoms with Crippen LogP contribution in [0.2, 0.25) is 0 Å². The van der Waals surface area contributed by atoms with E-state index < -0.39 is 16.1 Å². The molecular formula is C16H21N3O4S. The molecule has 1 aromatic heterocycles. The summed E-state index contributed by atoms with van der Waals surface area (Å²) in [6.45, 7) is 3.74. The Labute approximate surface area is 140 Å². The van der Waals surface area contributed by atoms with Gasteiger partial charge in [-0.2, -0.15) is 4.31 Å². The second kappa shape index (κ2) is 6.19. The molecule has 2 aromatic rings. The van der Waals surface area contributed by atoms with E-state index in [1.807, 2.05) is 13.8 Å². The first-order valence-corrected chi connectivity index (χ1v) is 9.29. The van der Waals surface area contributed by atoms with Crippen molar-refractivity contribution in [3.63, 3.8) is 0 Å². The minimum Gasteiger partial charge on any atom is -0.443 e. The van der Waals surface area contributed by atoms with Crippen LogP contribution in [0.25, 0.3) is 11.0 Å². The predicted octanol–water partition coefficient (Wildman–Crippen LogP) is 1.05. The Morgan fingerprint density at radius 3 is 2.75 bits per heavy atom. The van der Waals surface area contributed by atoms with Gasteiger partial charge in [-0.15, -0.1) is 0 Å². The van der Waals surface area contributed by atoms with Crippen molar-refractivity contribution in [2.24, 2.45) is 5.73 Å². The van der Waals surface area contributed by atoms with Gasteiger partial charge in [0, 0.05) is 30.1 Å². The van der Waals surface area contributed by atoms with Crippen molar-refractivity contribution in [3.8, 4) is 0 Å². The van der Waals surface area contributed by atoms with E-state index >= 15 is 0 Å². The van der Waals surface area contributed by atoms with Crippen LogP contribution in [0, 0.1) is 0 Å². The topological polar surface area (TPSA) is 106 Å². The summed E-state index contributed by atoms with van der Waals surface area (Å²) in [6.07, 6.45) is 0.290. The number of sulfonamides is 1. The molecule has 1 aliphatic rings. The Bertz CT molecular complexity index is 826. The molecule has 0 radical (unpaired) electrons. The summed E-state index contributed by atoms with van der Waals surface area (Å²) in [5.74, 6) is -0.336. The van der Waals surface area contributed by atoms with E-state index in [1.54, 1.807) is 24.3 Å². The van der Waals surface area contributed by atoms with Crippen LogP contribution >= 0.6 is 0 Å². The number of furan rings is 1. The van der Waals surface area contributed by atoms with Crippen LogP contribution in [-0.4, -0.2) is 43.3 Å². The number of nitrogens with two attached hydrogens (primary N) is 1. The number of carbonyl (C=O) groups is 1. The molecule has 1 aromatic carbocycles. The third kappa shape index (κ3) is 3.04. The quantitative estimate of drug-likeness (QED) is 0.856. The van der Waals surface area contributed by atoms with E-state index in [0.717, 1.165) is 4.31 Å². The largest absolute Gasteiger partial charge is 0.443 e. The average molecular weight is 351 g/mol. The number of hydrogen-bond donors (Lipinski definition) is 2. The first-order chi connectivity index (χ1) is 11.3. The van der Waals surface area contributed by atoms with E-state index in [4.69, 9.17) is 10.2 Å². The average Bonchev–Trinajstić information content (AvgIpc) is 3.10. The fourth-order valence-electron chi connectivity index (χ4n) is 2.92. The number of amides is 1. The van der Waals surface area contributed by atoms with Crippen LogP contribution in [0.4, 0.5) is 0 Å². The Morgan fingerprint density at radius 2 is 2.08 bits per heavy atom. The first kappa shape index (κ1) is 16.9. The molecule has 0 bridgehead atoms. The monoisotopic (exact) mass is 351 g/mol. The summed E-state index contributed by atoms with van der Waals surface area (Å²) < 4.78 is 32.5. The highest BCUT2D eigenvalue weighted by atomic mass is 32.2. The summed E-state index contributed by atoms with van der Waals surface area (Å²) in [5.41, 5.74) is 6.41. The standard InChI is InChI=1S/C16H21N3O4S/c1-10(2)18-16(20)13-8-12(17)9-19(13)24(21,22)15-7-11-5-3-4-6-14(11)23-15/h3-7,10,12-13H,8-9,17H2,1-2H3,(H,18,20)/t12-,13-/m0/s1. The van der Waals surface area contributed by atoms with Crippen molar-refractivity contribution in [3.05, 3.63) is 30.3 Å². The summed E-state index contributed by atoms with van der Waals surface area (Å²) >= 11 is 0. The van der Waals surface area contributed by atoms with Gasteiger partial charge in [0.25, 0.3) is 10.0 Å². The van der Waals surface area contributed by atoms with Gasteiger partial charge in [0.15, 0.2) is 0 Å². The lowest BCUT2D eigenvalue weighted by Crippen LogP contribution is -2.47. The molecule has 0 saturated carbocycles. The number of carbonyl (C=O) groups excluding carboxylic acids is 1. The Kier molecular flexibility index (Phi) is 4.37. The minimum absolute atomic E-state index is 0.0786. The van der Waals surface area contributed by atoms with E-state index in [-0.39, 0.29) is 36.0 Å². The fraction of sp³-hybridized carbons (Fsp3) is 0.438. The zero-order valence-corrected chi connectivity index (χ0v) is 14.4. The summed E-state index contributed by atoms with van der Waals surface area (Å²) in [5, 5.41) is 3.28. The van der Waals surface area contributed by atoms with Crippen molar-refractivity contribution in [1.82, 2.24) is 9.62 Å². The third-order valence-electron chi connectivity index (χ3n) is 3.99. The van der Waals surface area contributed by atoms with Crippen molar-refractivity contribution >= 4 is 26.9 Å². The minimum atomic E-state index is -3.94. The number of rotatable bonds is 4. The Balaban J connectivity index is 1.96. The van der Waals surface area contributed by atoms with Crippen molar-refractivity contribution < 1.29 is 17.6 Å². The molecule has 2 atom stereocenters. The van der Waals surface area contributed by atoms with Gasteiger partial charge in [0.1, 0.15) is 11.6 Å². The van der Waals surface area contributed by atoms with E-state index in [1.165, 1.54) is 6.07 Å². The Hall–Kier alpha value is -1.90. The third-order valence-corrected chi connectivity index (χ3v) is 5.72. The molecule has 0 spiro atoms. The molecule has 24 heavy (non-hydrogen) atoms. The highest BCUT2D eigenvalue weighted by Gasteiger charge is 2.44. The lowest BCUT2D eigenvalue weighted by molar-refractivity contribution is -0.124. The number of benzene rings is 1. The molecule has 3 N–H and O–H groups in total. The molecule has 1 saturated heterocycles. The maximum absolute atomic E-state index is 12.9. The first-order valence-electron chi connectivity index (χ1n) is 7.85. The molecule has 2 heterocycles. The number of fused-ring (bicyclic) bond motifs is 1. The molecule has 1 aliphatic heterocycles. The zero-order chi connectivity index (χ0) is 17.5. The predicted molar refractivity (Wildman–Crippen MR) is 89.8 cm³/mol. The molecule has 8 heteroatoms. The smallest absolute Gasteiger partial charge is 0.277 e. The molecule has 0 unspecified atom stereocenters. The van der Waals surface area contributed by atoms with Gasteiger partial charge in [0.05, 0.1) is 0 Å². The van der Waals surface area contributed by atoms with Gasteiger partial charge in [0.2, 0.25) is 11.0 Å². The highest BCUT2D eigenvalue weighted by Crippen LogP contribution is 2.29. The van der Waals surface area contributed by atoms with Gasteiger partial charge in [-0.3, -0.25) is 4.79 Å². The second-order valence-electron chi connectivity index (χ2n) is 6.35. The molecule has 1 amide bonds. The van der Waals surface area contributed by atoms with Crippen molar-refractivity contribution in [2.75, 3.05) is 6.54 Å². The summed E-state index contributed by atoms with van der Waals surface area (Å²) in [4.78, 5) is 12.4. The van der Waals surface area contributed by atoms with Crippen LogP contribution in [0.3, 0.4) is 0 Å². The second-order valence-corrected chi connectivity index (χ2v) is 8.17. The van der Waals surface area contributed by atoms with Gasteiger partial charge < -0.3 is 15.5 Å². The van der Waals surface area contributed by atoms with Crippen molar-refractivity contribution in [1.29, 1.82) is 0 Å².